The second-order valence-corrected chi connectivity index (χ2v) is 5.96. The molecule has 26 heavy (non-hydrogen) atoms. The Balaban J connectivity index is 2.00. The Morgan fingerprint density at radius 3 is 2.31 bits per heavy atom. The highest BCUT2D eigenvalue weighted by atomic mass is 16.6. The fourth-order valence-corrected chi connectivity index (χ4v) is 2.96. The molecule has 0 spiro atoms. The molecule has 1 amide bonds. The van der Waals surface area contributed by atoms with Gasteiger partial charge in [-0.15, -0.1) is 0 Å². The van der Waals surface area contributed by atoms with Crippen LogP contribution in [0.5, 0.6) is 5.75 Å². The first-order valence-corrected chi connectivity index (χ1v) is 8.83. The van der Waals surface area contributed by atoms with Gasteiger partial charge in [-0.25, -0.2) is 9.78 Å². The monoisotopic (exact) mass is 349 g/mol. The number of benzene rings is 2. The zero-order valence-electron chi connectivity index (χ0n) is 15.1. The van der Waals surface area contributed by atoms with E-state index >= 15 is 0 Å². The van der Waals surface area contributed by atoms with E-state index in [0.717, 1.165) is 29.7 Å². The van der Waals surface area contributed by atoms with Crippen LogP contribution in [0.2, 0.25) is 0 Å². The van der Waals surface area contributed by atoms with Crippen LogP contribution in [-0.4, -0.2) is 15.6 Å². The first-order valence-electron chi connectivity index (χ1n) is 8.83. The molecular weight excluding hydrogens is 326 g/mol. The summed E-state index contributed by atoms with van der Waals surface area (Å²) < 4.78 is 7.49. The van der Waals surface area contributed by atoms with Crippen LogP contribution < -0.4 is 9.64 Å². The Labute approximate surface area is 153 Å². The van der Waals surface area contributed by atoms with Gasteiger partial charge >= 0.3 is 6.09 Å². The summed E-state index contributed by atoms with van der Waals surface area (Å²) in [6.45, 7) is 4.53. The van der Waals surface area contributed by atoms with Crippen molar-refractivity contribution in [2.24, 2.45) is 0 Å². The number of carbonyl (C=O) groups is 1. The van der Waals surface area contributed by atoms with Crippen molar-refractivity contribution < 1.29 is 9.53 Å². The summed E-state index contributed by atoms with van der Waals surface area (Å²) in [5, 5.41) is 0. The Kier molecular flexibility index (Phi) is 5.69. The van der Waals surface area contributed by atoms with Crippen LogP contribution in [0.4, 0.5) is 10.5 Å². The van der Waals surface area contributed by atoms with E-state index in [-0.39, 0.29) is 0 Å². The summed E-state index contributed by atoms with van der Waals surface area (Å²) in [6.07, 6.45) is 6.50. The Morgan fingerprint density at radius 2 is 1.73 bits per heavy atom. The molecule has 3 aromatic rings. The number of imidazole rings is 1. The molecule has 0 atom stereocenters. The van der Waals surface area contributed by atoms with Crippen LogP contribution in [0.1, 0.15) is 25.0 Å². The van der Waals surface area contributed by atoms with Crippen molar-refractivity contribution in [3.05, 3.63) is 78.4 Å². The molecule has 2 aromatic carbocycles. The molecule has 0 saturated carbocycles. The highest BCUT2D eigenvalue weighted by Crippen LogP contribution is 2.28. The van der Waals surface area contributed by atoms with E-state index in [1.165, 1.54) is 0 Å². The minimum Gasteiger partial charge on any atom is -0.410 e. The van der Waals surface area contributed by atoms with Gasteiger partial charge in [-0.05, 0) is 36.1 Å². The summed E-state index contributed by atoms with van der Waals surface area (Å²) in [5.41, 5.74) is 3.16. The van der Waals surface area contributed by atoms with Gasteiger partial charge in [-0.2, -0.15) is 0 Å². The third-order valence-corrected chi connectivity index (χ3v) is 4.27. The topological polar surface area (TPSA) is 47.4 Å². The lowest BCUT2D eigenvalue weighted by atomic mass is 10.0. The molecule has 134 valence electrons. The van der Waals surface area contributed by atoms with Crippen LogP contribution in [0.25, 0.3) is 0 Å². The Bertz CT molecular complexity index is 823. The highest BCUT2D eigenvalue weighted by Gasteiger charge is 2.23. The molecular formula is C21H23N3O2. The maximum atomic E-state index is 13.0. The van der Waals surface area contributed by atoms with Crippen molar-refractivity contribution in [1.29, 1.82) is 0 Å². The molecule has 1 aromatic heterocycles. The molecule has 0 aliphatic rings. The second-order valence-electron chi connectivity index (χ2n) is 5.96. The highest BCUT2D eigenvalue weighted by molar-refractivity contribution is 5.90. The standard InChI is InChI=1S/C21H23N3O2/c1-3-17-9-8-10-18(4-2)20(17)24(16-23-14-13-22-15-23)21(25)26-19-11-6-5-7-12-19/h5-15H,3-4,16H2,1-2H3. The van der Waals surface area contributed by atoms with Crippen molar-refractivity contribution in [2.45, 2.75) is 33.4 Å². The Hall–Kier alpha value is -3.08. The van der Waals surface area contributed by atoms with E-state index < -0.39 is 6.09 Å². The summed E-state index contributed by atoms with van der Waals surface area (Å²) in [5.74, 6) is 0.528. The van der Waals surface area contributed by atoms with Crippen LogP contribution in [-0.2, 0) is 19.5 Å². The number of rotatable bonds is 6. The van der Waals surface area contributed by atoms with Gasteiger partial charge in [-0.1, -0.05) is 50.2 Å². The van der Waals surface area contributed by atoms with Crippen LogP contribution in [0.3, 0.4) is 0 Å². The molecule has 0 radical (unpaired) electrons. The van der Waals surface area contributed by atoms with Crippen molar-refractivity contribution in [3.8, 4) is 5.75 Å². The van der Waals surface area contributed by atoms with Crippen LogP contribution >= 0.6 is 0 Å². The maximum absolute atomic E-state index is 13.0. The SMILES string of the molecule is CCc1cccc(CC)c1N(Cn1ccnc1)C(=O)Oc1ccccc1. The molecule has 0 aliphatic heterocycles. The number of aryl methyl sites for hydroxylation is 2. The fraction of sp³-hybridized carbons (Fsp3) is 0.238. The van der Waals surface area contributed by atoms with E-state index in [9.17, 15) is 4.79 Å². The van der Waals surface area contributed by atoms with Crippen molar-refractivity contribution in [2.75, 3.05) is 4.90 Å². The molecule has 5 heteroatoms. The number of para-hydroxylation sites is 2. The number of amides is 1. The van der Waals surface area contributed by atoms with Crippen LogP contribution in [0, 0.1) is 0 Å². The molecule has 0 saturated heterocycles. The molecule has 0 bridgehead atoms. The van der Waals surface area contributed by atoms with Gasteiger partial charge < -0.3 is 9.30 Å². The average molecular weight is 349 g/mol. The van der Waals surface area contributed by atoms with Gasteiger partial charge in [0.25, 0.3) is 0 Å². The number of nitrogens with zero attached hydrogens (tertiary/aromatic N) is 3. The summed E-state index contributed by atoms with van der Waals surface area (Å²) in [4.78, 5) is 18.8. The first-order chi connectivity index (χ1) is 12.7. The van der Waals surface area contributed by atoms with Gasteiger partial charge in [0.05, 0.1) is 12.0 Å². The van der Waals surface area contributed by atoms with Gasteiger partial charge in [0.15, 0.2) is 0 Å². The van der Waals surface area contributed by atoms with Gasteiger partial charge in [0.2, 0.25) is 0 Å². The second kappa shape index (κ2) is 8.34. The smallest absolute Gasteiger partial charge is 0.410 e. The lowest BCUT2D eigenvalue weighted by Gasteiger charge is -2.27. The largest absolute Gasteiger partial charge is 0.421 e. The maximum Gasteiger partial charge on any atom is 0.421 e. The van der Waals surface area contributed by atoms with E-state index in [1.54, 1.807) is 29.6 Å². The minimum absolute atomic E-state index is 0.343. The van der Waals surface area contributed by atoms with E-state index in [0.29, 0.717) is 12.4 Å². The third-order valence-electron chi connectivity index (χ3n) is 4.27. The quantitative estimate of drug-likeness (QED) is 0.650. The summed E-state index contributed by atoms with van der Waals surface area (Å²) in [7, 11) is 0. The normalized spacial score (nSPS) is 10.5. The van der Waals surface area contributed by atoms with Gasteiger partial charge in [-0.3, -0.25) is 4.90 Å². The van der Waals surface area contributed by atoms with E-state index in [4.69, 9.17) is 4.74 Å². The number of carbonyl (C=O) groups excluding carboxylic acids is 1. The molecule has 0 aliphatic carbocycles. The number of hydrogen-bond acceptors (Lipinski definition) is 3. The summed E-state index contributed by atoms with van der Waals surface area (Å²) in [6, 6.07) is 15.3. The van der Waals surface area contributed by atoms with E-state index in [1.807, 2.05) is 35.0 Å². The minimum atomic E-state index is -0.402. The predicted molar refractivity (Wildman–Crippen MR) is 102 cm³/mol. The average Bonchev–Trinajstić information content (AvgIpc) is 3.19. The molecule has 0 fully saturated rings. The number of ether oxygens (including phenoxy) is 1. The number of anilines is 1. The molecule has 0 N–H and O–H groups in total. The first kappa shape index (κ1) is 17.7. The molecule has 0 unspecified atom stereocenters. The van der Waals surface area contributed by atoms with Crippen molar-refractivity contribution >= 4 is 11.8 Å². The van der Waals surface area contributed by atoms with Gasteiger partial charge in [0, 0.05) is 12.4 Å². The van der Waals surface area contributed by atoms with E-state index in [2.05, 4.69) is 31.0 Å². The zero-order valence-corrected chi connectivity index (χ0v) is 15.1. The van der Waals surface area contributed by atoms with Gasteiger partial charge in [0.1, 0.15) is 12.4 Å². The number of aromatic nitrogens is 2. The fourth-order valence-electron chi connectivity index (χ4n) is 2.96. The molecule has 3 rings (SSSR count). The van der Waals surface area contributed by atoms with Crippen molar-refractivity contribution in [3.63, 3.8) is 0 Å². The lowest BCUT2D eigenvalue weighted by Crippen LogP contribution is -2.36. The molecule has 1 heterocycles. The van der Waals surface area contributed by atoms with Crippen LogP contribution in [0.15, 0.2) is 67.3 Å². The third kappa shape index (κ3) is 3.94. The van der Waals surface area contributed by atoms with Crippen molar-refractivity contribution in [1.82, 2.24) is 9.55 Å². The predicted octanol–water partition coefficient (Wildman–Crippen LogP) is 4.67. The summed E-state index contributed by atoms with van der Waals surface area (Å²) >= 11 is 0. The lowest BCUT2D eigenvalue weighted by molar-refractivity contribution is 0.205. The Morgan fingerprint density at radius 1 is 1.04 bits per heavy atom. The molecule has 5 nitrogen and oxygen atoms in total. The number of hydrogen-bond donors (Lipinski definition) is 0. The zero-order chi connectivity index (χ0) is 18.4.